The molecular weight excluding hydrogens is 454 g/mol. The fourth-order valence-electron chi connectivity index (χ4n) is 2.37. The highest BCUT2D eigenvalue weighted by atomic mass is 32.2. The average Bonchev–Trinajstić information content (AvgIpc) is 2.74. The van der Waals surface area contributed by atoms with Gasteiger partial charge in [-0.3, -0.25) is 14.8 Å². The van der Waals surface area contributed by atoms with Crippen LogP contribution >= 0.6 is 12.2 Å². The summed E-state index contributed by atoms with van der Waals surface area (Å²) in [4.78, 5) is 23.0. The van der Waals surface area contributed by atoms with E-state index in [2.05, 4.69) is 20.1 Å². The zero-order valence-electron chi connectivity index (χ0n) is 17.5. The van der Waals surface area contributed by atoms with E-state index in [1.54, 1.807) is 31.2 Å². The summed E-state index contributed by atoms with van der Waals surface area (Å²) in [6.07, 6.45) is 1.98. The number of anilines is 2. The Hall–Kier alpha value is -3.44. The SMILES string of the molecule is CCOC(=O)/C=C/C(=O)NC(=S)Nc1ccc(S(=O)(=O)Nc2ccc(OCC)cc2)cc1. The smallest absolute Gasteiger partial charge is 0.330 e. The number of ether oxygens (including phenoxy) is 2. The van der Waals surface area contributed by atoms with Gasteiger partial charge >= 0.3 is 5.97 Å². The number of esters is 1. The quantitative estimate of drug-likeness (QED) is 0.286. The van der Waals surface area contributed by atoms with Gasteiger partial charge in [0.05, 0.1) is 18.1 Å². The third kappa shape index (κ3) is 8.00. The van der Waals surface area contributed by atoms with Gasteiger partial charge in [0, 0.05) is 23.5 Å². The molecule has 1 amide bonds. The molecule has 32 heavy (non-hydrogen) atoms. The Labute approximate surface area is 191 Å². The first-order valence-electron chi connectivity index (χ1n) is 9.56. The maximum Gasteiger partial charge on any atom is 0.330 e. The lowest BCUT2D eigenvalue weighted by Gasteiger charge is -2.11. The summed E-state index contributed by atoms with van der Waals surface area (Å²) < 4.78 is 37.6. The molecule has 0 saturated carbocycles. The third-order valence-corrected chi connectivity index (χ3v) is 5.34. The summed E-state index contributed by atoms with van der Waals surface area (Å²) in [5.74, 6) is -0.614. The normalized spacial score (nSPS) is 10.9. The van der Waals surface area contributed by atoms with Crippen LogP contribution in [0.4, 0.5) is 11.4 Å². The summed E-state index contributed by atoms with van der Waals surface area (Å²) in [6.45, 7) is 4.23. The van der Waals surface area contributed by atoms with Gasteiger partial charge in [0.1, 0.15) is 5.75 Å². The monoisotopic (exact) mass is 477 g/mol. The molecule has 0 atom stereocenters. The third-order valence-electron chi connectivity index (χ3n) is 3.73. The van der Waals surface area contributed by atoms with Crippen molar-refractivity contribution in [2.24, 2.45) is 0 Å². The Kier molecular flexibility index (Phi) is 9.17. The highest BCUT2D eigenvalue weighted by molar-refractivity contribution is 7.92. The second-order valence-corrected chi connectivity index (χ2v) is 8.21. The molecule has 0 spiro atoms. The van der Waals surface area contributed by atoms with E-state index in [0.717, 1.165) is 12.2 Å². The van der Waals surface area contributed by atoms with Gasteiger partial charge in [0.25, 0.3) is 10.0 Å². The van der Waals surface area contributed by atoms with Crippen molar-refractivity contribution in [3.8, 4) is 5.75 Å². The van der Waals surface area contributed by atoms with Gasteiger partial charge in [0.2, 0.25) is 5.91 Å². The Morgan fingerprint density at radius 1 is 0.938 bits per heavy atom. The number of thiocarbonyl (C=S) groups is 1. The maximum absolute atomic E-state index is 12.6. The summed E-state index contributed by atoms with van der Waals surface area (Å²) in [6, 6.07) is 12.3. The summed E-state index contributed by atoms with van der Waals surface area (Å²) in [7, 11) is -3.80. The average molecular weight is 478 g/mol. The molecule has 0 bridgehead atoms. The van der Waals surface area contributed by atoms with E-state index in [1.165, 1.54) is 24.3 Å². The fraction of sp³-hybridized carbons (Fsp3) is 0.190. The maximum atomic E-state index is 12.6. The number of hydrogen-bond donors (Lipinski definition) is 3. The topological polar surface area (TPSA) is 123 Å². The molecular formula is C21H23N3O6S2. The molecule has 11 heteroatoms. The first kappa shape index (κ1) is 24.8. The van der Waals surface area contributed by atoms with Crippen LogP contribution in [0.2, 0.25) is 0 Å². The fourth-order valence-corrected chi connectivity index (χ4v) is 3.64. The molecule has 0 fully saturated rings. The molecule has 0 unspecified atom stereocenters. The van der Waals surface area contributed by atoms with Gasteiger partial charge in [-0.05, 0) is 74.6 Å². The Balaban J connectivity index is 1.94. The highest BCUT2D eigenvalue weighted by Gasteiger charge is 2.14. The molecule has 3 N–H and O–H groups in total. The van der Waals surface area contributed by atoms with Gasteiger partial charge in [-0.2, -0.15) is 0 Å². The van der Waals surface area contributed by atoms with E-state index >= 15 is 0 Å². The molecule has 170 valence electrons. The van der Waals surface area contributed by atoms with Crippen molar-refractivity contribution >= 4 is 50.6 Å². The number of nitrogens with one attached hydrogen (secondary N) is 3. The van der Waals surface area contributed by atoms with Crippen molar-refractivity contribution in [2.75, 3.05) is 23.3 Å². The summed E-state index contributed by atoms with van der Waals surface area (Å²) in [5, 5.41) is 5.09. The van der Waals surface area contributed by atoms with E-state index in [4.69, 9.17) is 17.0 Å². The number of sulfonamides is 1. The van der Waals surface area contributed by atoms with Crippen LogP contribution in [0, 0.1) is 0 Å². The molecule has 9 nitrogen and oxygen atoms in total. The van der Waals surface area contributed by atoms with Crippen LogP contribution in [0.1, 0.15) is 13.8 Å². The lowest BCUT2D eigenvalue weighted by molar-refractivity contribution is -0.137. The predicted octanol–water partition coefficient (Wildman–Crippen LogP) is 2.82. The largest absolute Gasteiger partial charge is 0.494 e. The lowest BCUT2D eigenvalue weighted by Crippen LogP contribution is -2.33. The van der Waals surface area contributed by atoms with Crippen molar-refractivity contribution in [1.29, 1.82) is 0 Å². The Morgan fingerprint density at radius 3 is 2.16 bits per heavy atom. The molecule has 0 aromatic heterocycles. The molecule has 0 radical (unpaired) electrons. The van der Waals surface area contributed by atoms with Gasteiger partial charge in [-0.15, -0.1) is 0 Å². The van der Waals surface area contributed by atoms with Gasteiger partial charge in [0.15, 0.2) is 5.11 Å². The highest BCUT2D eigenvalue weighted by Crippen LogP contribution is 2.20. The molecule has 0 aliphatic carbocycles. The van der Waals surface area contributed by atoms with Gasteiger partial charge < -0.3 is 14.8 Å². The standard InChI is InChI=1S/C21H23N3O6S2/c1-3-29-17-9-5-16(6-10-17)24-32(27,28)18-11-7-15(8-12-18)22-21(31)23-19(25)13-14-20(26)30-4-2/h5-14,24H,3-4H2,1-2H3,(H2,22,23,25,31)/b14-13+. The Morgan fingerprint density at radius 2 is 1.56 bits per heavy atom. The van der Waals surface area contributed by atoms with Crippen molar-refractivity contribution < 1.29 is 27.5 Å². The van der Waals surface area contributed by atoms with E-state index in [-0.39, 0.29) is 16.6 Å². The van der Waals surface area contributed by atoms with Crippen LogP contribution in [-0.2, 0) is 24.3 Å². The van der Waals surface area contributed by atoms with E-state index < -0.39 is 21.9 Å². The number of rotatable bonds is 9. The molecule has 0 saturated heterocycles. The van der Waals surface area contributed by atoms with Crippen LogP contribution in [0.25, 0.3) is 0 Å². The minimum absolute atomic E-state index is 0.0216. The van der Waals surface area contributed by atoms with Crippen LogP contribution in [0.5, 0.6) is 5.75 Å². The molecule has 0 aliphatic heterocycles. The van der Waals surface area contributed by atoms with Crippen molar-refractivity contribution in [2.45, 2.75) is 18.7 Å². The van der Waals surface area contributed by atoms with Crippen LogP contribution < -0.4 is 20.1 Å². The predicted molar refractivity (Wildman–Crippen MR) is 125 cm³/mol. The number of benzene rings is 2. The van der Waals surface area contributed by atoms with Crippen LogP contribution in [0.15, 0.2) is 65.6 Å². The number of amides is 1. The van der Waals surface area contributed by atoms with Crippen molar-refractivity contribution in [3.63, 3.8) is 0 Å². The van der Waals surface area contributed by atoms with E-state index in [1.807, 2.05) is 6.92 Å². The molecule has 0 heterocycles. The number of hydrogen-bond acceptors (Lipinski definition) is 7. The zero-order chi connectivity index (χ0) is 23.6. The van der Waals surface area contributed by atoms with E-state index in [9.17, 15) is 18.0 Å². The first-order valence-corrected chi connectivity index (χ1v) is 11.4. The first-order chi connectivity index (χ1) is 15.2. The minimum atomic E-state index is -3.80. The van der Waals surface area contributed by atoms with Gasteiger partial charge in [-0.25, -0.2) is 13.2 Å². The number of carbonyl (C=O) groups excluding carboxylic acids is 2. The second kappa shape index (κ2) is 11.8. The van der Waals surface area contributed by atoms with Gasteiger partial charge in [-0.1, -0.05) is 0 Å². The zero-order valence-corrected chi connectivity index (χ0v) is 19.1. The molecule has 2 rings (SSSR count). The van der Waals surface area contributed by atoms with E-state index in [0.29, 0.717) is 23.7 Å². The minimum Gasteiger partial charge on any atom is -0.494 e. The molecule has 2 aromatic rings. The summed E-state index contributed by atoms with van der Waals surface area (Å²) in [5.41, 5.74) is 0.861. The Bertz CT molecular complexity index is 1080. The van der Waals surface area contributed by atoms with Crippen molar-refractivity contribution in [1.82, 2.24) is 5.32 Å². The number of carbonyl (C=O) groups is 2. The molecule has 2 aromatic carbocycles. The molecule has 0 aliphatic rings. The van der Waals surface area contributed by atoms with Crippen molar-refractivity contribution in [3.05, 3.63) is 60.7 Å². The second-order valence-electron chi connectivity index (χ2n) is 6.12. The summed E-state index contributed by atoms with van der Waals surface area (Å²) >= 11 is 5.03. The van der Waals surface area contributed by atoms with Crippen LogP contribution in [0.3, 0.4) is 0 Å². The van der Waals surface area contributed by atoms with Crippen LogP contribution in [-0.4, -0.2) is 38.6 Å². The lowest BCUT2D eigenvalue weighted by atomic mass is 10.3.